The lowest BCUT2D eigenvalue weighted by Gasteiger charge is -2.10. The van der Waals surface area contributed by atoms with Crippen LogP contribution >= 0.6 is 0 Å². The Balaban J connectivity index is 2.84. The van der Waals surface area contributed by atoms with Crippen molar-refractivity contribution in [3.8, 4) is 0 Å². The fourth-order valence-electron chi connectivity index (χ4n) is 1.44. The second kappa shape index (κ2) is 5.75. The number of rotatable bonds is 4. The van der Waals surface area contributed by atoms with E-state index in [9.17, 15) is 18.0 Å². The van der Waals surface area contributed by atoms with E-state index in [0.29, 0.717) is 5.56 Å². The Morgan fingerprint density at radius 3 is 2.61 bits per heavy atom. The summed E-state index contributed by atoms with van der Waals surface area (Å²) < 4.78 is 41.1. The molecule has 100 valence electrons. The van der Waals surface area contributed by atoms with Crippen LogP contribution in [0.25, 0.3) is 0 Å². The molecule has 6 heteroatoms. The van der Waals surface area contributed by atoms with Gasteiger partial charge in [0.25, 0.3) is 0 Å². The van der Waals surface area contributed by atoms with Gasteiger partial charge >= 0.3 is 12.1 Å². The van der Waals surface area contributed by atoms with Crippen LogP contribution in [0.3, 0.4) is 0 Å². The van der Waals surface area contributed by atoms with Gasteiger partial charge < -0.3 is 10.5 Å². The molecule has 18 heavy (non-hydrogen) atoms. The van der Waals surface area contributed by atoms with Gasteiger partial charge in [0.05, 0.1) is 12.2 Å². The standard InChI is InChI=1S/C12H14F3NO2/c1-2-18-11(17)9-3-4-10(16)8(7-9)5-6-12(13,14)15/h3-4,7H,2,5-6,16H2,1H3. The highest BCUT2D eigenvalue weighted by atomic mass is 19.4. The summed E-state index contributed by atoms with van der Waals surface area (Å²) in [7, 11) is 0. The maximum Gasteiger partial charge on any atom is 0.389 e. The van der Waals surface area contributed by atoms with Crippen LogP contribution in [0.5, 0.6) is 0 Å². The number of alkyl halides is 3. The SMILES string of the molecule is CCOC(=O)c1ccc(N)c(CCC(F)(F)F)c1. The summed E-state index contributed by atoms with van der Waals surface area (Å²) in [6.45, 7) is 1.86. The van der Waals surface area contributed by atoms with Crippen LogP contribution < -0.4 is 5.73 Å². The van der Waals surface area contributed by atoms with Crippen LogP contribution in [0.4, 0.5) is 18.9 Å². The van der Waals surface area contributed by atoms with E-state index in [4.69, 9.17) is 10.5 Å². The second-order valence-electron chi connectivity index (χ2n) is 3.75. The van der Waals surface area contributed by atoms with Gasteiger partial charge in [-0.2, -0.15) is 13.2 Å². The minimum atomic E-state index is -4.24. The molecule has 0 fully saturated rings. The predicted octanol–water partition coefficient (Wildman–Crippen LogP) is 2.94. The van der Waals surface area contributed by atoms with Crippen molar-refractivity contribution in [2.45, 2.75) is 25.9 Å². The summed E-state index contributed by atoms with van der Waals surface area (Å²) in [6, 6.07) is 4.20. The molecule has 1 aromatic rings. The topological polar surface area (TPSA) is 52.3 Å². The minimum absolute atomic E-state index is 0.209. The number of nitrogen functional groups attached to an aromatic ring is 1. The highest BCUT2D eigenvalue weighted by Gasteiger charge is 2.27. The molecule has 0 radical (unpaired) electrons. The lowest BCUT2D eigenvalue weighted by atomic mass is 10.0. The van der Waals surface area contributed by atoms with Gasteiger partial charge in [0.15, 0.2) is 0 Å². The van der Waals surface area contributed by atoms with E-state index in [-0.39, 0.29) is 24.3 Å². The maximum atomic E-state index is 12.1. The number of aryl methyl sites for hydroxylation is 1. The fraction of sp³-hybridized carbons (Fsp3) is 0.417. The van der Waals surface area contributed by atoms with Crippen LogP contribution in [0.15, 0.2) is 18.2 Å². The van der Waals surface area contributed by atoms with Gasteiger partial charge in [-0.05, 0) is 37.1 Å². The molecular weight excluding hydrogens is 247 g/mol. The molecular formula is C12H14F3NO2. The number of hydrogen-bond acceptors (Lipinski definition) is 3. The summed E-state index contributed by atoms with van der Waals surface area (Å²) in [4.78, 5) is 11.4. The summed E-state index contributed by atoms with van der Waals surface area (Å²) in [6.07, 6.45) is -5.46. The molecule has 0 atom stereocenters. The Kier molecular flexibility index (Phi) is 4.58. The fourth-order valence-corrected chi connectivity index (χ4v) is 1.44. The first kappa shape index (κ1) is 14.3. The number of carbonyl (C=O) groups excluding carboxylic acids is 1. The average molecular weight is 261 g/mol. The predicted molar refractivity (Wildman–Crippen MR) is 61.2 cm³/mol. The van der Waals surface area contributed by atoms with Crippen LogP contribution in [0.1, 0.15) is 29.3 Å². The largest absolute Gasteiger partial charge is 0.462 e. The van der Waals surface area contributed by atoms with Crippen molar-refractivity contribution in [2.75, 3.05) is 12.3 Å². The molecule has 0 aliphatic heterocycles. The summed E-state index contributed by atoms with van der Waals surface area (Å²) >= 11 is 0. The second-order valence-corrected chi connectivity index (χ2v) is 3.75. The Labute approximate surface area is 103 Å². The first-order valence-corrected chi connectivity index (χ1v) is 5.45. The zero-order valence-corrected chi connectivity index (χ0v) is 9.88. The van der Waals surface area contributed by atoms with E-state index >= 15 is 0 Å². The van der Waals surface area contributed by atoms with Gasteiger partial charge in [-0.3, -0.25) is 0 Å². The zero-order valence-electron chi connectivity index (χ0n) is 9.88. The summed E-state index contributed by atoms with van der Waals surface area (Å²) in [5.41, 5.74) is 6.33. The number of halogens is 3. The number of ether oxygens (including phenoxy) is 1. The molecule has 0 saturated heterocycles. The summed E-state index contributed by atoms with van der Waals surface area (Å²) in [5, 5.41) is 0. The van der Waals surface area contributed by atoms with E-state index in [1.165, 1.54) is 18.2 Å². The average Bonchev–Trinajstić information content (AvgIpc) is 2.27. The van der Waals surface area contributed by atoms with Crippen molar-refractivity contribution in [2.24, 2.45) is 0 Å². The van der Waals surface area contributed by atoms with Gasteiger partial charge in [0.2, 0.25) is 0 Å². The molecule has 0 aliphatic rings. The molecule has 2 N–H and O–H groups in total. The quantitative estimate of drug-likeness (QED) is 0.669. The first-order chi connectivity index (χ1) is 8.33. The maximum absolute atomic E-state index is 12.1. The first-order valence-electron chi connectivity index (χ1n) is 5.45. The van der Waals surface area contributed by atoms with Crippen molar-refractivity contribution in [1.82, 2.24) is 0 Å². The Hall–Kier alpha value is -1.72. The lowest BCUT2D eigenvalue weighted by Crippen LogP contribution is -2.11. The Morgan fingerprint density at radius 1 is 1.39 bits per heavy atom. The molecule has 0 amide bonds. The molecule has 1 aromatic carbocycles. The van der Waals surface area contributed by atoms with Gasteiger partial charge in [-0.25, -0.2) is 4.79 Å². The number of hydrogen-bond donors (Lipinski definition) is 1. The molecule has 0 bridgehead atoms. The number of esters is 1. The normalized spacial score (nSPS) is 11.3. The van der Waals surface area contributed by atoms with Gasteiger partial charge in [0.1, 0.15) is 0 Å². The number of carbonyl (C=O) groups is 1. The van der Waals surface area contributed by atoms with Crippen LogP contribution in [0, 0.1) is 0 Å². The minimum Gasteiger partial charge on any atom is -0.462 e. The lowest BCUT2D eigenvalue weighted by molar-refractivity contribution is -0.133. The molecule has 0 aromatic heterocycles. The van der Waals surface area contributed by atoms with Gasteiger partial charge in [-0.1, -0.05) is 0 Å². The van der Waals surface area contributed by atoms with Crippen molar-refractivity contribution in [3.63, 3.8) is 0 Å². The van der Waals surface area contributed by atoms with E-state index in [1.54, 1.807) is 6.92 Å². The molecule has 0 unspecified atom stereocenters. The number of benzene rings is 1. The van der Waals surface area contributed by atoms with Crippen LogP contribution in [0.2, 0.25) is 0 Å². The molecule has 0 saturated carbocycles. The monoisotopic (exact) mass is 261 g/mol. The van der Waals surface area contributed by atoms with Crippen molar-refractivity contribution < 1.29 is 22.7 Å². The van der Waals surface area contributed by atoms with Gasteiger partial charge in [-0.15, -0.1) is 0 Å². The zero-order chi connectivity index (χ0) is 13.8. The Morgan fingerprint density at radius 2 is 2.06 bits per heavy atom. The van der Waals surface area contributed by atoms with Crippen molar-refractivity contribution >= 4 is 11.7 Å². The van der Waals surface area contributed by atoms with Crippen LogP contribution in [-0.2, 0) is 11.2 Å². The third-order valence-electron chi connectivity index (χ3n) is 2.33. The molecule has 0 spiro atoms. The van der Waals surface area contributed by atoms with Gasteiger partial charge in [0, 0.05) is 12.1 Å². The smallest absolute Gasteiger partial charge is 0.389 e. The molecule has 0 aliphatic carbocycles. The van der Waals surface area contributed by atoms with E-state index < -0.39 is 18.6 Å². The van der Waals surface area contributed by atoms with E-state index in [2.05, 4.69) is 0 Å². The Bertz CT molecular complexity index is 430. The highest BCUT2D eigenvalue weighted by molar-refractivity contribution is 5.90. The molecule has 1 rings (SSSR count). The number of nitrogens with two attached hydrogens (primary N) is 1. The van der Waals surface area contributed by atoms with Crippen molar-refractivity contribution in [3.05, 3.63) is 29.3 Å². The number of anilines is 1. The highest BCUT2D eigenvalue weighted by Crippen LogP contribution is 2.25. The van der Waals surface area contributed by atoms with E-state index in [1.807, 2.05) is 0 Å². The third-order valence-corrected chi connectivity index (χ3v) is 2.33. The van der Waals surface area contributed by atoms with Crippen molar-refractivity contribution in [1.29, 1.82) is 0 Å². The van der Waals surface area contributed by atoms with Crippen LogP contribution in [-0.4, -0.2) is 18.8 Å². The summed E-state index contributed by atoms with van der Waals surface area (Å²) in [5.74, 6) is -0.564. The van der Waals surface area contributed by atoms with E-state index in [0.717, 1.165) is 0 Å². The third kappa shape index (κ3) is 4.27. The molecule has 3 nitrogen and oxygen atoms in total. The molecule has 0 heterocycles.